The van der Waals surface area contributed by atoms with Gasteiger partial charge in [0.1, 0.15) is 0 Å². The van der Waals surface area contributed by atoms with Gasteiger partial charge in [0.25, 0.3) is 0 Å². The number of H-pyrrole nitrogens is 1. The van der Waals surface area contributed by atoms with Crippen LogP contribution < -0.4 is 0 Å². The molecular weight excluding hydrogens is 315 g/mol. The maximum absolute atomic E-state index is 13.1. The van der Waals surface area contributed by atoms with Crippen LogP contribution in [0.4, 0.5) is 13.2 Å². The maximum atomic E-state index is 13.1. The molecule has 0 amide bonds. The molecule has 0 aliphatic carbocycles. The Kier molecular flexibility index (Phi) is 3.45. The number of benzene rings is 2. The fourth-order valence-corrected chi connectivity index (χ4v) is 2.70. The van der Waals surface area contributed by atoms with Gasteiger partial charge >= 0.3 is 6.18 Å². The van der Waals surface area contributed by atoms with Crippen LogP contribution in [0, 0.1) is 0 Å². The SMILES string of the molecule is O=Cc1c(-c2ccccc2Cl)[nH]c2c(C(F)(F)F)cccc12. The monoisotopic (exact) mass is 323 g/mol. The highest BCUT2D eigenvalue weighted by atomic mass is 35.5. The highest BCUT2D eigenvalue weighted by Gasteiger charge is 2.34. The van der Waals surface area contributed by atoms with E-state index in [4.69, 9.17) is 11.6 Å². The average molecular weight is 324 g/mol. The molecule has 2 nitrogen and oxygen atoms in total. The summed E-state index contributed by atoms with van der Waals surface area (Å²) in [6, 6.07) is 10.4. The van der Waals surface area contributed by atoms with E-state index in [2.05, 4.69) is 4.98 Å². The molecule has 0 saturated carbocycles. The van der Waals surface area contributed by atoms with Crippen LogP contribution in [0.5, 0.6) is 0 Å². The Morgan fingerprint density at radius 3 is 2.41 bits per heavy atom. The Hall–Kier alpha value is -2.27. The lowest BCUT2D eigenvalue weighted by atomic mass is 10.0. The standard InChI is InChI=1S/C16H9ClF3NO/c17-13-7-2-1-4-10(13)14-11(8-22)9-5-3-6-12(15(9)21-14)16(18,19)20/h1-8,21H. The van der Waals surface area contributed by atoms with Crippen LogP contribution in [0.25, 0.3) is 22.2 Å². The van der Waals surface area contributed by atoms with Gasteiger partial charge in [-0.1, -0.05) is 41.9 Å². The topological polar surface area (TPSA) is 32.9 Å². The molecule has 0 radical (unpaired) electrons. The van der Waals surface area contributed by atoms with E-state index in [0.717, 1.165) is 6.07 Å². The molecule has 3 rings (SSSR count). The normalized spacial score (nSPS) is 11.8. The summed E-state index contributed by atoms with van der Waals surface area (Å²) >= 11 is 6.09. The van der Waals surface area contributed by atoms with Gasteiger partial charge in [-0.15, -0.1) is 0 Å². The van der Waals surface area contributed by atoms with Crippen molar-refractivity contribution in [1.82, 2.24) is 4.98 Å². The number of hydrogen-bond donors (Lipinski definition) is 1. The molecule has 0 atom stereocenters. The first-order chi connectivity index (χ1) is 10.4. The number of alkyl halides is 3. The van der Waals surface area contributed by atoms with Crippen LogP contribution in [-0.2, 0) is 6.18 Å². The number of aromatic nitrogens is 1. The Morgan fingerprint density at radius 1 is 1.05 bits per heavy atom. The molecule has 0 bridgehead atoms. The molecule has 112 valence electrons. The molecule has 0 saturated heterocycles. The number of aldehydes is 1. The fourth-order valence-electron chi connectivity index (χ4n) is 2.47. The van der Waals surface area contributed by atoms with E-state index in [9.17, 15) is 18.0 Å². The lowest BCUT2D eigenvalue weighted by molar-refractivity contribution is -0.136. The van der Waals surface area contributed by atoms with Gasteiger partial charge in [-0.25, -0.2) is 0 Å². The molecule has 3 aromatic rings. The van der Waals surface area contributed by atoms with Gasteiger partial charge in [0.15, 0.2) is 6.29 Å². The molecule has 1 N–H and O–H groups in total. The van der Waals surface area contributed by atoms with E-state index in [1.807, 2.05) is 0 Å². The summed E-state index contributed by atoms with van der Waals surface area (Å²) in [5, 5.41) is 0.574. The largest absolute Gasteiger partial charge is 0.418 e. The zero-order valence-corrected chi connectivity index (χ0v) is 11.8. The second kappa shape index (κ2) is 5.18. The van der Waals surface area contributed by atoms with Crippen LogP contribution in [0.1, 0.15) is 15.9 Å². The Morgan fingerprint density at radius 2 is 1.77 bits per heavy atom. The highest BCUT2D eigenvalue weighted by Crippen LogP contribution is 2.39. The van der Waals surface area contributed by atoms with Crippen molar-refractivity contribution in [2.75, 3.05) is 0 Å². The molecule has 1 heterocycles. The van der Waals surface area contributed by atoms with Crippen LogP contribution in [0.15, 0.2) is 42.5 Å². The van der Waals surface area contributed by atoms with Gasteiger partial charge in [0, 0.05) is 21.5 Å². The number of hydrogen-bond acceptors (Lipinski definition) is 1. The van der Waals surface area contributed by atoms with Crippen molar-refractivity contribution in [2.45, 2.75) is 6.18 Å². The summed E-state index contributed by atoms with van der Waals surface area (Å²) in [5.41, 5.74) is -0.00415. The van der Waals surface area contributed by atoms with E-state index in [0.29, 0.717) is 16.9 Å². The molecule has 22 heavy (non-hydrogen) atoms. The lowest BCUT2D eigenvalue weighted by Gasteiger charge is -2.07. The molecular formula is C16H9ClF3NO. The van der Waals surface area contributed by atoms with Gasteiger partial charge in [-0.05, 0) is 12.1 Å². The number of para-hydroxylation sites is 1. The molecule has 1 aromatic heterocycles. The first-order valence-electron chi connectivity index (χ1n) is 6.35. The number of carbonyl (C=O) groups excluding carboxylic acids is 1. The van der Waals surface area contributed by atoms with Crippen LogP contribution in [-0.4, -0.2) is 11.3 Å². The minimum absolute atomic E-state index is 0.119. The average Bonchev–Trinajstić information content (AvgIpc) is 2.84. The fraction of sp³-hybridized carbons (Fsp3) is 0.0625. The predicted octanol–water partition coefficient (Wildman–Crippen LogP) is 5.32. The molecule has 0 aliphatic rings. The van der Waals surface area contributed by atoms with Crippen LogP contribution in [0.2, 0.25) is 5.02 Å². The molecule has 0 unspecified atom stereocenters. The maximum Gasteiger partial charge on any atom is 0.418 e. The third-order valence-electron chi connectivity index (χ3n) is 3.44. The smallest absolute Gasteiger partial charge is 0.353 e. The van der Waals surface area contributed by atoms with Crippen molar-refractivity contribution < 1.29 is 18.0 Å². The third-order valence-corrected chi connectivity index (χ3v) is 3.77. The molecule has 0 fully saturated rings. The number of fused-ring (bicyclic) bond motifs is 1. The quantitative estimate of drug-likeness (QED) is 0.636. The van der Waals surface area contributed by atoms with Crippen LogP contribution in [0.3, 0.4) is 0 Å². The summed E-state index contributed by atoms with van der Waals surface area (Å²) in [7, 11) is 0. The number of carbonyl (C=O) groups is 1. The minimum Gasteiger partial charge on any atom is -0.353 e. The molecule has 2 aromatic carbocycles. The van der Waals surface area contributed by atoms with E-state index in [-0.39, 0.29) is 22.2 Å². The van der Waals surface area contributed by atoms with Crippen molar-refractivity contribution in [3.8, 4) is 11.3 Å². The number of halogens is 4. The summed E-state index contributed by atoms with van der Waals surface area (Å²) < 4.78 is 39.3. The van der Waals surface area contributed by atoms with Gasteiger partial charge in [-0.2, -0.15) is 13.2 Å². The van der Waals surface area contributed by atoms with Gasteiger partial charge < -0.3 is 4.98 Å². The highest BCUT2D eigenvalue weighted by molar-refractivity contribution is 6.33. The second-order valence-corrected chi connectivity index (χ2v) is 5.14. The van der Waals surface area contributed by atoms with Gasteiger partial charge in [0.2, 0.25) is 0 Å². The molecule has 0 aliphatic heterocycles. The Bertz CT molecular complexity index is 867. The van der Waals surface area contributed by atoms with E-state index in [1.165, 1.54) is 12.1 Å². The number of nitrogens with one attached hydrogen (secondary N) is 1. The first-order valence-corrected chi connectivity index (χ1v) is 6.73. The summed E-state index contributed by atoms with van der Waals surface area (Å²) in [5.74, 6) is 0. The van der Waals surface area contributed by atoms with Gasteiger partial charge in [-0.3, -0.25) is 4.79 Å². The van der Waals surface area contributed by atoms with Crippen molar-refractivity contribution >= 4 is 28.8 Å². The molecule has 6 heteroatoms. The second-order valence-electron chi connectivity index (χ2n) is 4.74. The lowest BCUT2D eigenvalue weighted by Crippen LogP contribution is -2.05. The number of aromatic amines is 1. The summed E-state index contributed by atoms with van der Waals surface area (Å²) in [6.07, 6.45) is -3.97. The van der Waals surface area contributed by atoms with Crippen molar-refractivity contribution in [1.29, 1.82) is 0 Å². The summed E-state index contributed by atoms with van der Waals surface area (Å²) in [6.45, 7) is 0. The van der Waals surface area contributed by atoms with E-state index < -0.39 is 11.7 Å². The Labute approximate surface area is 128 Å². The van der Waals surface area contributed by atoms with E-state index in [1.54, 1.807) is 24.3 Å². The van der Waals surface area contributed by atoms with Crippen LogP contribution >= 0.6 is 11.6 Å². The summed E-state index contributed by atoms with van der Waals surface area (Å²) in [4.78, 5) is 14.1. The predicted molar refractivity (Wildman–Crippen MR) is 79.1 cm³/mol. The first kappa shape index (κ1) is 14.7. The van der Waals surface area contributed by atoms with E-state index >= 15 is 0 Å². The zero-order valence-electron chi connectivity index (χ0n) is 11.0. The minimum atomic E-state index is -4.51. The van der Waals surface area contributed by atoms with Crippen molar-refractivity contribution in [3.05, 3.63) is 58.6 Å². The number of rotatable bonds is 2. The van der Waals surface area contributed by atoms with Crippen molar-refractivity contribution in [3.63, 3.8) is 0 Å². The van der Waals surface area contributed by atoms with Crippen molar-refractivity contribution in [2.24, 2.45) is 0 Å². The van der Waals surface area contributed by atoms with Gasteiger partial charge in [0.05, 0.1) is 16.8 Å². The Balaban J connectivity index is 2.38. The third kappa shape index (κ3) is 2.27. The molecule has 0 spiro atoms. The zero-order chi connectivity index (χ0) is 15.9.